The molecule has 2 saturated heterocycles. The van der Waals surface area contributed by atoms with E-state index in [1.807, 2.05) is 13.8 Å². The number of ketones is 1. The minimum atomic E-state index is -0.956. The number of amides is 2. The highest BCUT2D eigenvalue weighted by atomic mass is 19.1. The summed E-state index contributed by atoms with van der Waals surface area (Å²) in [4.78, 5) is 41.5. The Morgan fingerprint density at radius 2 is 2.03 bits per heavy atom. The van der Waals surface area contributed by atoms with E-state index in [9.17, 15) is 23.9 Å². The summed E-state index contributed by atoms with van der Waals surface area (Å²) in [5.74, 6) is -0.186. The highest BCUT2D eigenvalue weighted by Crippen LogP contribution is 2.77. The van der Waals surface area contributed by atoms with Crippen molar-refractivity contribution >= 4 is 17.8 Å². The number of carbonyl (C=O) groups is 3. The fraction of sp³-hybridized carbons (Fsp3) is 0.815. The van der Waals surface area contributed by atoms with Gasteiger partial charge in [0.1, 0.15) is 11.9 Å². The lowest BCUT2D eigenvalue weighted by atomic mass is 9.50. The van der Waals surface area contributed by atoms with E-state index in [2.05, 4.69) is 10.2 Å². The normalized spacial score (nSPS) is 51.9. The number of ether oxygens (including phenoxy) is 1. The number of rotatable bonds is 3. The third-order valence-corrected chi connectivity index (χ3v) is 11.3. The first-order valence-corrected chi connectivity index (χ1v) is 13.4. The molecule has 4 aliphatic carbocycles. The molecule has 2 aliphatic heterocycles. The molecule has 2 amide bonds. The van der Waals surface area contributed by atoms with E-state index in [-0.39, 0.29) is 53.1 Å². The van der Waals surface area contributed by atoms with E-state index in [1.165, 1.54) is 6.08 Å². The van der Waals surface area contributed by atoms with E-state index >= 15 is 0 Å². The number of halogens is 1. The summed E-state index contributed by atoms with van der Waals surface area (Å²) in [6, 6.07) is 0. The number of imide groups is 1. The van der Waals surface area contributed by atoms with Crippen LogP contribution in [-0.2, 0) is 14.3 Å². The van der Waals surface area contributed by atoms with E-state index in [0.29, 0.717) is 19.3 Å². The van der Waals surface area contributed by atoms with E-state index in [0.717, 1.165) is 45.2 Å². The van der Waals surface area contributed by atoms with Crippen molar-refractivity contribution in [3.8, 4) is 0 Å². The van der Waals surface area contributed by atoms with Gasteiger partial charge in [0.15, 0.2) is 0 Å². The molecule has 0 radical (unpaired) electrons. The van der Waals surface area contributed by atoms with Gasteiger partial charge in [-0.15, -0.1) is 0 Å². The van der Waals surface area contributed by atoms with Crippen LogP contribution in [0.5, 0.6) is 0 Å². The number of piperidine rings is 1. The predicted octanol–water partition coefficient (Wildman–Crippen LogP) is 3.22. The first-order valence-electron chi connectivity index (χ1n) is 13.4. The summed E-state index contributed by atoms with van der Waals surface area (Å²) < 4.78 is 19.6. The van der Waals surface area contributed by atoms with E-state index < -0.39 is 29.1 Å². The largest absolute Gasteiger partial charge is 0.445 e. The van der Waals surface area contributed by atoms with E-state index in [4.69, 9.17) is 4.74 Å². The van der Waals surface area contributed by atoms with Gasteiger partial charge < -0.3 is 14.7 Å². The molecule has 0 aromatic rings. The number of nitrogens with zero attached hydrogens (tertiary/aromatic N) is 1. The van der Waals surface area contributed by atoms with Crippen LogP contribution in [0.25, 0.3) is 0 Å². The Hall–Kier alpha value is -1.80. The summed E-state index contributed by atoms with van der Waals surface area (Å²) in [5.41, 5.74) is -1.80. The maximum atomic E-state index is 13.6. The molecule has 8 heteroatoms. The summed E-state index contributed by atoms with van der Waals surface area (Å²) in [6.07, 6.45) is 4.50. The van der Waals surface area contributed by atoms with Gasteiger partial charge >= 0.3 is 6.09 Å². The quantitative estimate of drug-likeness (QED) is 0.633. The maximum Gasteiger partial charge on any atom is 0.414 e. The van der Waals surface area contributed by atoms with Crippen molar-refractivity contribution < 1.29 is 28.6 Å². The monoisotopic (exact) mass is 488 g/mol. The highest BCUT2D eigenvalue weighted by Gasteiger charge is 2.77. The van der Waals surface area contributed by atoms with Crippen LogP contribution < -0.4 is 5.32 Å². The van der Waals surface area contributed by atoms with Crippen LogP contribution in [0.2, 0.25) is 0 Å². The number of fused-ring (bicyclic) bond motifs is 2. The Morgan fingerprint density at radius 3 is 2.71 bits per heavy atom. The zero-order valence-electron chi connectivity index (χ0n) is 20.7. The second kappa shape index (κ2) is 7.85. The molecule has 0 aromatic heterocycles. The van der Waals surface area contributed by atoms with Crippen LogP contribution >= 0.6 is 0 Å². The lowest BCUT2D eigenvalue weighted by Crippen LogP contribution is -2.58. The molecule has 7 nitrogen and oxygen atoms in total. The van der Waals surface area contributed by atoms with Crippen LogP contribution in [0.1, 0.15) is 58.8 Å². The SMILES string of the molecule is C[C@H]1[C@H](O)[C@](C)(/C=C/F)C[C@@H](OC(=O)NC(=O)[C@H]2CN3CC[C@@H]2C3)[C@]23C[C@@H]2CCC12CCC(=O)C23. The van der Waals surface area contributed by atoms with Crippen molar-refractivity contribution in [1.29, 1.82) is 0 Å². The Kier molecular flexibility index (Phi) is 5.29. The number of carbonyl (C=O) groups excluding carboxylic acids is 3. The molecule has 3 unspecified atom stereocenters. The molecule has 2 heterocycles. The Morgan fingerprint density at radius 1 is 1.23 bits per heavy atom. The smallest absolute Gasteiger partial charge is 0.414 e. The summed E-state index contributed by atoms with van der Waals surface area (Å²) in [7, 11) is 0. The van der Waals surface area contributed by atoms with Gasteiger partial charge in [0.05, 0.1) is 18.4 Å². The van der Waals surface area contributed by atoms with Gasteiger partial charge in [-0.2, -0.15) is 0 Å². The first kappa shape index (κ1) is 23.6. The molecule has 6 rings (SSSR count). The maximum absolute atomic E-state index is 13.6. The van der Waals surface area contributed by atoms with E-state index in [1.54, 1.807) is 0 Å². The number of alkyl carbamates (subject to hydrolysis) is 1. The van der Waals surface area contributed by atoms with Gasteiger partial charge in [0.2, 0.25) is 5.91 Å². The van der Waals surface area contributed by atoms with Gasteiger partial charge in [0.25, 0.3) is 0 Å². The summed E-state index contributed by atoms with van der Waals surface area (Å²) >= 11 is 0. The molecule has 35 heavy (non-hydrogen) atoms. The van der Waals surface area contributed by atoms with Gasteiger partial charge in [-0.25, -0.2) is 9.18 Å². The van der Waals surface area contributed by atoms with Gasteiger partial charge in [0, 0.05) is 36.3 Å². The molecule has 4 saturated carbocycles. The Bertz CT molecular complexity index is 987. The first-order chi connectivity index (χ1) is 16.6. The van der Waals surface area contributed by atoms with Crippen LogP contribution in [0.15, 0.2) is 12.4 Å². The van der Waals surface area contributed by atoms with Crippen molar-refractivity contribution in [2.24, 2.45) is 45.8 Å². The van der Waals surface area contributed by atoms with Crippen molar-refractivity contribution in [2.75, 3.05) is 19.6 Å². The minimum absolute atomic E-state index is 0.178. The number of hydrogen-bond acceptors (Lipinski definition) is 6. The Balaban J connectivity index is 1.30. The van der Waals surface area contributed by atoms with Crippen molar-refractivity contribution in [2.45, 2.75) is 71.0 Å². The van der Waals surface area contributed by atoms with Crippen LogP contribution in [0.3, 0.4) is 0 Å². The van der Waals surface area contributed by atoms with Crippen molar-refractivity contribution in [3.05, 3.63) is 12.4 Å². The van der Waals surface area contributed by atoms with Gasteiger partial charge in [-0.1, -0.05) is 13.8 Å². The third-order valence-electron chi connectivity index (χ3n) is 11.3. The second-order valence-corrected chi connectivity index (χ2v) is 12.7. The molecule has 0 aromatic carbocycles. The lowest BCUT2D eigenvalue weighted by molar-refractivity contribution is -0.157. The number of Topliss-reactive ketones (excluding diaryl/α,β-unsaturated/α-hetero) is 1. The molecule has 1 spiro atoms. The van der Waals surface area contributed by atoms with Crippen LogP contribution in [0, 0.1) is 45.8 Å². The average molecular weight is 489 g/mol. The van der Waals surface area contributed by atoms with Gasteiger partial charge in [-0.05, 0) is 74.3 Å². The van der Waals surface area contributed by atoms with Crippen molar-refractivity contribution in [1.82, 2.24) is 10.2 Å². The fourth-order valence-corrected chi connectivity index (χ4v) is 9.39. The third kappa shape index (κ3) is 3.24. The van der Waals surface area contributed by atoms with Crippen LogP contribution in [0.4, 0.5) is 9.18 Å². The highest BCUT2D eigenvalue weighted by molar-refractivity contribution is 5.93. The lowest BCUT2D eigenvalue weighted by Gasteiger charge is -2.55. The molecule has 11 atom stereocenters. The molecule has 6 fully saturated rings. The molecular weight excluding hydrogens is 451 g/mol. The number of hydrogen-bond donors (Lipinski definition) is 2. The van der Waals surface area contributed by atoms with Crippen LogP contribution in [-0.4, -0.2) is 59.6 Å². The molecule has 6 aliphatic rings. The minimum Gasteiger partial charge on any atom is -0.445 e. The molecular formula is C27H37FN2O5. The molecule has 2 N–H and O–H groups in total. The predicted molar refractivity (Wildman–Crippen MR) is 125 cm³/mol. The fourth-order valence-electron chi connectivity index (χ4n) is 9.39. The average Bonchev–Trinajstić information content (AvgIpc) is 3.10. The molecule has 4 bridgehead atoms. The summed E-state index contributed by atoms with van der Waals surface area (Å²) in [6.45, 7) is 6.39. The zero-order chi connectivity index (χ0) is 24.8. The zero-order valence-corrected chi connectivity index (χ0v) is 20.7. The summed E-state index contributed by atoms with van der Waals surface area (Å²) in [5, 5.41) is 14.0. The van der Waals surface area contributed by atoms with Gasteiger partial charge in [-0.3, -0.25) is 14.9 Å². The second-order valence-electron chi connectivity index (χ2n) is 12.7. The molecule has 192 valence electrons. The standard InChI is InChI=1S/C27H37FN2O5/c1-15-22(32)25(2,8-9-28)12-20(27-11-17(27)3-6-26(15)7-4-19(31)21(26)27)35-24(34)29-23(33)18-14-30-10-5-16(18)13-30/h8-9,15-18,20-22,32H,3-7,10-14H2,1-2H3,(H,29,33,34)/b9-8+/t15-,16+,17-,18-,20+,21?,22-,25+,26?,27-/m0/s1. The van der Waals surface area contributed by atoms with Crippen molar-refractivity contribution in [3.63, 3.8) is 0 Å². The number of aliphatic hydroxyl groups excluding tert-OH is 1. The number of aliphatic hydroxyl groups is 1. The topological polar surface area (TPSA) is 95.9 Å². The Labute approximate surface area is 205 Å². The number of nitrogens with one attached hydrogen (secondary N) is 1.